The van der Waals surface area contributed by atoms with Gasteiger partial charge in [0.2, 0.25) is 0 Å². The molecule has 0 aromatic carbocycles. The van der Waals surface area contributed by atoms with Crippen LogP contribution in [-0.4, -0.2) is 65.7 Å². The molecular formula is C8H17NO6. The van der Waals surface area contributed by atoms with Crippen LogP contribution in [0.1, 0.15) is 6.42 Å². The topological polar surface area (TPSA) is 118 Å². The first-order valence-electron chi connectivity index (χ1n) is 4.15. The molecule has 0 aliphatic heterocycles. The molecule has 0 spiro atoms. The van der Waals surface area contributed by atoms with Gasteiger partial charge in [0.15, 0.2) is 0 Å². The highest BCUT2D eigenvalue weighted by molar-refractivity contribution is 5.64. The van der Waals surface area contributed by atoms with E-state index in [1.165, 1.54) is 0 Å². The van der Waals surface area contributed by atoms with Crippen molar-refractivity contribution in [1.82, 2.24) is 0 Å². The van der Waals surface area contributed by atoms with Crippen molar-refractivity contribution in [2.45, 2.75) is 12.5 Å². The molecular weight excluding hydrogens is 206 g/mol. The Morgan fingerprint density at radius 3 is 1.80 bits per heavy atom. The number of carboxylic acid groups (broad SMARTS) is 3. The zero-order chi connectivity index (χ0) is 12.6. The number of carbonyl (C=O) groups excluding carboxylic acids is 1. The van der Waals surface area contributed by atoms with Gasteiger partial charge in [-0.25, -0.2) is 4.79 Å². The number of carbonyl (C=O) groups is 2. The van der Waals surface area contributed by atoms with E-state index in [-0.39, 0.29) is 6.42 Å². The number of aliphatic hydroxyl groups is 1. The lowest BCUT2D eigenvalue weighted by Gasteiger charge is -2.26. The highest BCUT2D eigenvalue weighted by Crippen LogP contribution is 1.97. The number of aliphatic hydroxyl groups excluding tert-OH is 1. The number of quaternary nitrogens is 1. The Balaban J connectivity index is 0. The molecule has 0 aromatic heterocycles. The van der Waals surface area contributed by atoms with Crippen LogP contribution in [0.15, 0.2) is 0 Å². The van der Waals surface area contributed by atoms with Crippen LogP contribution < -0.4 is 5.11 Å². The first-order valence-corrected chi connectivity index (χ1v) is 4.15. The molecule has 0 aliphatic carbocycles. The van der Waals surface area contributed by atoms with E-state index in [1.54, 1.807) is 0 Å². The third-order valence-corrected chi connectivity index (χ3v) is 1.16. The Hall–Kier alpha value is -1.34. The molecule has 0 radical (unpaired) electrons. The molecule has 3 N–H and O–H groups in total. The average molecular weight is 223 g/mol. The molecule has 0 fully saturated rings. The molecule has 0 aliphatic rings. The van der Waals surface area contributed by atoms with Crippen molar-refractivity contribution in [3.63, 3.8) is 0 Å². The van der Waals surface area contributed by atoms with Crippen LogP contribution in [0.4, 0.5) is 4.79 Å². The van der Waals surface area contributed by atoms with Crippen molar-refractivity contribution in [2.24, 2.45) is 0 Å². The maximum atomic E-state index is 10.0. The summed E-state index contributed by atoms with van der Waals surface area (Å²) in [6.45, 7) is 0.425. The van der Waals surface area contributed by atoms with E-state index in [0.717, 1.165) is 0 Å². The van der Waals surface area contributed by atoms with Gasteiger partial charge in [0.05, 0.1) is 21.1 Å². The minimum absolute atomic E-state index is 0.282. The van der Waals surface area contributed by atoms with Crippen LogP contribution >= 0.6 is 0 Å². The van der Waals surface area contributed by atoms with Crippen molar-refractivity contribution in [3.8, 4) is 0 Å². The molecule has 0 heterocycles. The first kappa shape index (κ1) is 16.1. The third-order valence-electron chi connectivity index (χ3n) is 1.16. The number of carboxylic acids is 1. The van der Waals surface area contributed by atoms with Gasteiger partial charge in [0.1, 0.15) is 12.6 Å². The van der Waals surface area contributed by atoms with Gasteiger partial charge in [0, 0.05) is 12.4 Å². The second-order valence-corrected chi connectivity index (χ2v) is 3.99. The average Bonchev–Trinajstić information content (AvgIpc) is 1.76. The fourth-order valence-electron chi connectivity index (χ4n) is 0.889. The second-order valence-electron chi connectivity index (χ2n) is 3.99. The predicted molar refractivity (Wildman–Crippen MR) is 49.2 cm³/mol. The Morgan fingerprint density at radius 2 is 1.60 bits per heavy atom. The SMILES string of the molecule is C[N+](C)(C)CC(O)CC(=O)[O-].O=C(O)O. The minimum atomic E-state index is -1.83. The molecule has 0 rings (SSSR count). The molecule has 1 unspecified atom stereocenters. The molecule has 7 nitrogen and oxygen atoms in total. The van der Waals surface area contributed by atoms with Crippen LogP contribution in [0.5, 0.6) is 0 Å². The van der Waals surface area contributed by atoms with E-state index < -0.39 is 18.2 Å². The van der Waals surface area contributed by atoms with Gasteiger partial charge in [-0.2, -0.15) is 0 Å². The quantitative estimate of drug-likeness (QED) is 0.495. The highest BCUT2D eigenvalue weighted by atomic mass is 16.6. The molecule has 0 aromatic rings. The van der Waals surface area contributed by atoms with Crippen molar-refractivity contribution < 1.29 is 34.5 Å². The summed E-state index contributed by atoms with van der Waals surface area (Å²) in [4.78, 5) is 18.6. The molecule has 0 amide bonds. The van der Waals surface area contributed by atoms with Crippen LogP contribution in [0.3, 0.4) is 0 Å². The van der Waals surface area contributed by atoms with Crippen LogP contribution in [0, 0.1) is 0 Å². The van der Waals surface area contributed by atoms with E-state index in [2.05, 4.69) is 0 Å². The number of hydrogen-bond donors (Lipinski definition) is 3. The van der Waals surface area contributed by atoms with E-state index in [0.29, 0.717) is 11.0 Å². The number of nitrogens with zero attached hydrogens (tertiary/aromatic N) is 1. The molecule has 0 bridgehead atoms. The number of likely N-dealkylation sites (N-methyl/N-ethyl adjacent to an activating group) is 1. The van der Waals surface area contributed by atoms with Crippen LogP contribution in [0.2, 0.25) is 0 Å². The zero-order valence-corrected chi connectivity index (χ0v) is 9.01. The Labute approximate surface area is 87.8 Å². The van der Waals surface area contributed by atoms with Crippen molar-refractivity contribution in [3.05, 3.63) is 0 Å². The Morgan fingerprint density at radius 1 is 1.27 bits per heavy atom. The lowest BCUT2D eigenvalue weighted by molar-refractivity contribution is -0.873. The van der Waals surface area contributed by atoms with E-state index in [9.17, 15) is 9.90 Å². The minimum Gasteiger partial charge on any atom is -0.550 e. The van der Waals surface area contributed by atoms with Crippen molar-refractivity contribution >= 4 is 12.1 Å². The zero-order valence-electron chi connectivity index (χ0n) is 9.01. The summed E-state index contributed by atoms with van der Waals surface area (Å²) in [5.41, 5.74) is 0. The summed E-state index contributed by atoms with van der Waals surface area (Å²) in [6.07, 6.45) is -2.92. The highest BCUT2D eigenvalue weighted by Gasteiger charge is 2.14. The fraction of sp³-hybridized carbons (Fsp3) is 0.750. The monoisotopic (exact) mass is 223 g/mol. The third kappa shape index (κ3) is 24.5. The van der Waals surface area contributed by atoms with Gasteiger partial charge in [-0.05, 0) is 0 Å². The standard InChI is InChI=1S/C7H15NO3.CH2O3/c1-8(2,3)5-6(9)4-7(10)11;2-1(3)4/h6,9H,4-5H2,1-3H3;(H2,2,3,4). The van der Waals surface area contributed by atoms with Crippen LogP contribution in [-0.2, 0) is 4.79 Å². The largest absolute Gasteiger partial charge is 0.550 e. The summed E-state index contributed by atoms with van der Waals surface area (Å²) in [7, 11) is 5.66. The second kappa shape index (κ2) is 7.02. The van der Waals surface area contributed by atoms with Gasteiger partial charge >= 0.3 is 6.16 Å². The molecule has 0 saturated carbocycles. The molecule has 1 atom stereocenters. The molecule has 15 heavy (non-hydrogen) atoms. The maximum Gasteiger partial charge on any atom is 0.503 e. The van der Waals surface area contributed by atoms with Crippen molar-refractivity contribution in [1.29, 1.82) is 0 Å². The first-order chi connectivity index (χ1) is 6.54. The van der Waals surface area contributed by atoms with Crippen LogP contribution in [0.25, 0.3) is 0 Å². The summed E-state index contributed by atoms with van der Waals surface area (Å²) in [5.74, 6) is -1.20. The van der Waals surface area contributed by atoms with E-state index in [1.807, 2.05) is 21.1 Å². The summed E-state index contributed by atoms with van der Waals surface area (Å²) in [6, 6.07) is 0. The number of hydrogen-bond acceptors (Lipinski definition) is 4. The Kier molecular flexibility index (Phi) is 7.53. The lowest BCUT2D eigenvalue weighted by Crippen LogP contribution is -2.43. The molecule has 90 valence electrons. The summed E-state index contributed by atoms with van der Waals surface area (Å²) in [5, 5.41) is 33.1. The predicted octanol–water partition coefficient (Wildman–Crippen LogP) is -1.58. The lowest BCUT2D eigenvalue weighted by atomic mass is 10.2. The fourth-order valence-corrected chi connectivity index (χ4v) is 0.889. The smallest absolute Gasteiger partial charge is 0.503 e. The number of aliphatic carboxylic acids is 1. The van der Waals surface area contributed by atoms with E-state index >= 15 is 0 Å². The maximum absolute atomic E-state index is 10.0. The van der Waals surface area contributed by atoms with Gasteiger partial charge < -0.3 is 29.7 Å². The Bertz CT molecular complexity index is 206. The van der Waals surface area contributed by atoms with Gasteiger partial charge in [-0.15, -0.1) is 0 Å². The van der Waals surface area contributed by atoms with E-state index in [4.69, 9.17) is 20.1 Å². The van der Waals surface area contributed by atoms with Gasteiger partial charge in [-0.1, -0.05) is 0 Å². The normalized spacial score (nSPS) is 12.3. The van der Waals surface area contributed by atoms with Gasteiger partial charge in [-0.3, -0.25) is 0 Å². The summed E-state index contributed by atoms with van der Waals surface area (Å²) >= 11 is 0. The van der Waals surface area contributed by atoms with Crippen molar-refractivity contribution in [2.75, 3.05) is 27.7 Å². The number of rotatable bonds is 4. The molecule has 0 saturated heterocycles. The summed E-state index contributed by atoms with van der Waals surface area (Å²) < 4.78 is 0.550. The molecule has 7 heteroatoms. The van der Waals surface area contributed by atoms with Gasteiger partial charge in [0.25, 0.3) is 0 Å².